The Labute approximate surface area is 157 Å². The second-order valence-corrected chi connectivity index (χ2v) is 6.22. The number of hydrogen-bond acceptors (Lipinski definition) is 2. The molecule has 1 unspecified atom stereocenters. The van der Waals surface area contributed by atoms with Crippen LogP contribution in [0, 0.1) is 0 Å². The van der Waals surface area contributed by atoms with Gasteiger partial charge in [0.2, 0.25) is 0 Å². The van der Waals surface area contributed by atoms with Gasteiger partial charge in [0.05, 0.1) is 17.4 Å². The molecule has 0 bridgehead atoms. The number of pyridine rings is 1. The Morgan fingerprint density at radius 1 is 0.778 bits per heavy atom. The Hall–Kier alpha value is -3.66. The fourth-order valence-electron chi connectivity index (χ4n) is 3.14. The highest BCUT2D eigenvalue weighted by atomic mass is 16.2. The summed E-state index contributed by atoms with van der Waals surface area (Å²) in [5.74, 6) is 0. The Kier molecular flexibility index (Phi) is 4.79. The SMILES string of the molecule is O=C(Nc1cccc2ccccc12)NC(c1ccccc1)c1ccccn1. The van der Waals surface area contributed by atoms with Gasteiger partial charge in [-0.05, 0) is 29.1 Å². The lowest BCUT2D eigenvalue weighted by atomic mass is 10.0. The van der Waals surface area contributed by atoms with Crippen LogP contribution in [0.1, 0.15) is 17.3 Å². The van der Waals surface area contributed by atoms with Gasteiger partial charge in [-0.3, -0.25) is 4.98 Å². The van der Waals surface area contributed by atoms with Gasteiger partial charge in [-0.25, -0.2) is 4.79 Å². The molecule has 3 aromatic carbocycles. The van der Waals surface area contributed by atoms with Gasteiger partial charge in [0.15, 0.2) is 0 Å². The van der Waals surface area contributed by atoms with Gasteiger partial charge in [0.1, 0.15) is 0 Å². The quantitative estimate of drug-likeness (QED) is 0.533. The first kappa shape index (κ1) is 16.8. The van der Waals surface area contributed by atoms with Gasteiger partial charge >= 0.3 is 6.03 Å². The van der Waals surface area contributed by atoms with Crippen LogP contribution < -0.4 is 10.6 Å². The molecule has 0 aliphatic heterocycles. The molecule has 0 saturated carbocycles. The van der Waals surface area contributed by atoms with Crippen LogP contribution in [0.4, 0.5) is 10.5 Å². The number of nitrogens with one attached hydrogen (secondary N) is 2. The number of nitrogens with zero attached hydrogens (tertiary/aromatic N) is 1. The maximum atomic E-state index is 12.8. The van der Waals surface area contributed by atoms with Gasteiger partial charge in [-0.15, -0.1) is 0 Å². The van der Waals surface area contributed by atoms with E-state index in [1.807, 2.05) is 91.0 Å². The number of urea groups is 1. The summed E-state index contributed by atoms with van der Waals surface area (Å²) in [5.41, 5.74) is 2.54. The molecule has 4 rings (SSSR count). The highest BCUT2D eigenvalue weighted by molar-refractivity contribution is 6.01. The van der Waals surface area contributed by atoms with Crippen molar-refractivity contribution in [2.75, 3.05) is 5.32 Å². The van der Waals surface area contributed by atoms with E-state index in [-0.39, 0.29) is 12.1 Å². The molecule has 27 heavy (non-hydrogen) atoms. The first-order valence-corrected chi connectivity index (χ1v) is 8.82. The standard InChI is InChI=1S/C23H19N3O/c27-23(25-20-15-8-12-17-9-4-5-13-19(17)20)26-22(18-10-2-1-3-11-18)21-14-6-7-16-24-21/h1-16,22H,(H2,25,26,27). The molecule has 0 saturated heterocycles. The third kappa shape index (κ3) is 3.80. The molecule has 2 N–H and O–H groups in total. The fourth-order valence-corrected chi connectivity index (χ4v) is 3.14. The summed E-state index contributed by atoms with van der Waals surface area (Å²) in [5, 5.41) is 8.11. The number of carbonyl (C=O) groups excluding carboxylic acids is 1. The molecule has 0 spiro atoms. The predicted octanol–water partition coefficient (Wildman–Crippen LogP) is 5.15. The molecule has 0 aliphatic carbocycles. The van der Waals surface area contributed by atoms with E-state index >= 15 is 0 Å². The summed E-state index contributed by atoms with van der Waals surface area (Å²) in [6.07, 6.45) is 1.73. The van der Waals surface area contributed by atoms with Crippen molar-refractivity contribution in [3.05, 3.63) is 108 Å². The number of fused-ring (bicyclic) bond motifs is 1. The van der Waals surface area contributed by atoms with Crippen molar-refractivity contribution < 1.29 is 4.79 Å². The molecular formula is C23H19N3O. The molecule has 1 aromatic heterocycles. The van der Waals surface area contributed by atoms with E-state index in [0.29, 0.717) is 0 Å². The Bertz CT molecular complexity index is 1000. The molecule has 4 aromatic rings. The predicted molar refractivity (Wildman–Crippen MR) is 109 cm³/mol. The van der Waals surface area contributed by atoms with Crippen molar-refractivity contribution in [2.45, 2.75) is 6.04 Å². The van der Waals surface area contributed by atoms with Crippen LogP contribution >= 0.6 is 0 Å². The van der Waals surface area contributed by atoms with Crippen molar-refractivity contribution in [3.63, 3.8) is 0 Å². The fraction of sp³-hybridized carbons (Fsp3) is 0.0435. The van der Waals surface area contributed by atoms with Crippen LogP contribution in [0.25, 0.3) is 10.8 Å². The first-order valence-electron chi connectivity index (χ1n) is 8.82. The van der Waals surface area contributed by atoms with Gasteiger partial charge < -0.3 is 10.6 Å². The maximum Gasteiger partial charge on any atom is 0.320 e. The third-order valence-electron chi connectivity index (χ3n) is 4.43. The lowest BCUT2D eigenvalue weighted by Crippen LogP contribution is -2.33. The minimum atomic E-state index is -0.331. The van der Waals surface area contributed by atoms with Crippen molar-refractivity contribution in [1.82, 2.24) is 10.3 Å². The number of anilines is 1. The van der Waals surface area contributed by atoms with E-state index < -0.39 is 0 Å². The average Bonchev–Trinajstić information content (AvgIpc) is 2.73. The summed E-state index contributed by atoms with van der Waals surface area (Å²) in [7, 11) is 0. The average molecular weight is 353 g/mol. The molecule has 1 heterocycles. The van der Waals surface area contributed by atoms with Crippen LogP contribution in [-0.2, 0) is 0 Å². The molecule has 0 aliphatic rings. The summed E-state index contributed by atoms with van der Waals surface area (Å²) in [4.78, 5) is 17.2. The third-order valence-corrected chi connectivity index (χ3v) is 4.43. The summed E-state index contributed by atoms with van der Waals surface area (Å²) in [6.45, 7) is 0. The normalized spacial score (nSPS) is 11.7. The zero-order chi connectivity index (χ0) is 18.5. The molecule has 0 fully saturated rings. The van der Waals surface area contributed by atoms with E-state index in [9.17, 15) is 4.79 Å². The van der Waals surface area contributed by atoms with Crippen molar-refractivity contribution in [2.24, 2.45) is 0 Å². The number of amides is 2. The minimum absolute atomic E-state index is 0.272. The number of rotatable bonds is 4. The van der Waals surface area contributed by atoms with E-state index in [2.05, 4.69) is 15.6 Å². The highest BCUT2D eigenvalue weighted by Crippen LogP contribution is 2.24. The molecule has 2 amide bonds. The van der Waals surface area contributed by atoms with Crippen LogP contribution in [0.15, 0.2) is 97.2 Å². The molecular weight excluding hydrogens is 334 g/mol. The lowest BCUT2D eigenvalue weighted by molar-refractivity contribution is 0.250. The molecule has 0 radical (unpaired) electrons. The summed E-state index contributed by atoms with van der Waals surface area (Å²) in [6, 6.07) is 28.8. The van der Waals surface area contributed by atoms with E-state index in [0.717, 1.165) is 27.7 Å². The molecule has 132 valence electrons. The minimum Gasteiger partial charge on any atom is -0.325 e. The monoisotopic (exact) mass is 353 g/mol. The number of benzene rings is 3. The van der Waals surface area contributed by atoms with Crippen molar-refractivity contribution >= 4 is 22.5 Å². The topological polar surface area (TPSA) is 54.0 Å². The first-order chi connectivity index (χ1) is 13.3. The van der Waals surface area contributed by atoms with Crippen LogP contribution in [0.3, 0.4) is 0 Å². The molecule has 4 nitrogen and oxygen atoms in total. The number of carbonyl (C=O) groups is 1. The van der Waals surface area contributed by atoms with E-state index in [4.69, 9.17) is 0 Å². The van der Waals surface area contributed by atoms with Crippen LogP contribution in [0.2, 0.25) is 0 Å². The Morgan fingerprint density at radius 2 is 1.52 bits per heavy atom. The summed E-state index contributed by atoms with van der Waals surface area (Å²) >= 11 is 0. The van der Waals surface area contributed by atoms with Crippen LogP contribution in [-0.4, -0.2) is 11.0 Å². The second-order valence-electron chi connectivity index (χ2n) is 6.22. The Morgan fingerprint density at radius 3 is 2.33 bits per heavy atom. The Balaban J connectivity index is 1.60. The zero-order valence-electron chi connectivity index (χ0n) is 14.7. The highest BCUT2D eigenvalue weighted by Gasteiger charge is 2.18. The summed E-state index contributed by atoms with van der Waals surface area (Å²) < 4.78 is 0. The van der Waals surface area contributed by atoms with Gasteiger partial charge in [0, 0.05) is 11.6 Å². The van der Waals surface area contributed by atoms with Gasteiger partial charge in [-0.1, -0.05) is 72.8 Å². The van der Waals surface area contributed by atoms with E-state index in [1.165, 1.54) is 0 Å². The van der Waals surface area contributed by atoms with Crippen LogP contribution in [0.5, 0.6) is 0 Å². The van der Waals surface area contributed by atoms with E-state index in [1.54, 1.807) is 6.20 Å². The smallest absolute Gasteiger partial charge is 0.320 e. The second kappa shape index (κ2) is 7.70. The van der Waals surface area contributed by atoms with Crippen molar-refractivity contribution in [3.8, 4) is 0 Å². The number of hydrogen-bond donors (Lipinski definition) is 2. The molecule has 1 atom stereocenters. The van der Waals surface area contributed by atoms with Gasteiger partial charge in [0.25, 0.3) is 0 Å². The largest absolute Gasteiger partial charge is 0.325 e. The zero-order valence-corrected chi connectivity index (χ0v) is 14.7. The molecule has 4 heteroatoms. The number of aromatic nitrogens is 1. The maximum absolute atomic E-state index is 12.8. The van der Waals surface area contributed by atoms with Crippen molar-refractivity contribution in [1.29, 1.82) is 0 Å². The van der Waals surface area contributed by atoms with Gasteiger partial charge in [-0.2, -0.15) is 0 Å². The lowest BCUT2D eigenvalue weighted by Gasteiger charge is -2.19.